The van der Waals surface area contributed by atoms with Crippen LogP contribution in [-0.4, -0.2) is 31.7 Å². The fraction of sp³-hybridized carbons (Fsp3) is 0.182. The first-order valence-corrected chi connectivity index (χ1v) is 5.57. The van der Waals surface area contributed by atoms with Crippen molar-refractivity contribution in [2.75, 3.05) is 23.3 Å². The number of rotatable bonds is 4. The van der Waals surface area contributed by atoms with E-state index < -0.39 is 0 Å². The first-order chi connectivity index (χ1) is 9.06. The molecular formula is C11H14N6O2. The number of hydrogen-bond acceptors (Lipinski definition) is 8. The Bertz CT molecular complexity index is 569. The highest BCUT2D eigenvalue weighted by Crippen LogP contribution is 2.28. The second-order valence-corrected chi connectivity index (χ2v) is 3.84. The molecule has 0 saturated carbocycles. The number of aromatic hydroxyl groups is 2. The fourth-order valence-corrected chi connectivity index (χ4v) is 1.58. The second-order valence-electron chi connectivity index (χ2n) is 3.84. The van der Waals surface area contributed by atoms with E-state index >= 15 is 0 Å². The summed E-state index contributed by atoms with van der Waals surface area (Å²) in [6, 6.07) is 4.79. The SMILES string of the molecule is Nc1nc(N)nc(NCCc2cccc(O)c2O)n1. The number of benzene rings is 1. The first-order valence-electron chi connectivity index (χ1n) is 5.57. The molecule has 0 radical (unpaired) electrons. The highest BCUT2D eigenvalue weighted by molar-refractivity contribution is 5.45. The molecule has 1 heterocycles. The molecule has 0 bridgehead atoms. The van der Waals surface area contributed by atoms with E-state index in [1.165, 1.54) is 6.07 Å². The maximum Gasteiger partial charge on any atom is 0.229 e. The largest absolute Gasteiger partial charge is 0.504 e. The third-order valence-corrected chi connectivity index (χ3v) is 2.45. The van der Waals surface area contributed by atoms with Gasteiger partial charge in [0.25, 0.3) is 0 Å². The summed E-state index contributed by atoms with van der Waals surface area (Å²) in [6.45, 7) is 0.444. The van der Waals surface area contributed by atoms with Crippen LogP contribution in [-0.2, 0) is 6.42 Å². The number of anilines is 3. The lowest BCUT2D eigenvalue weighted by molar-refractivity contribution is 0.399. The number of phenolic OH excluding ortho intramolecular Hbond substituents is 2. The predicted octanol–water partition coefficient (Wildman–Crippen LogP) is 0.102. The molecule has 0 fully saturated rings. The quantitative estimate of drug-likeness (QED) is 0.488. The van der Waals surface area contributed by atoms with Gasteiger partial charge in [-0.1, -0.05) is 12.1 Å². The zero-order valence-corrected chi connectivity index (χ0v) is 10.0. The van der Waals surface area contributed by atoms with Crippen molar-refractivity contribution in [2.45, 2.75) is 6.42 Å². The molecule has 100 valence electrons. The van der Waals surface area contributed by atoms with E-state index in [1.54, 1.807) is 12.1 Å². The van der Waals surface area contributed by atoms with Crippen LogP contribution in [0.15, 0.2) is 18.2 Å². The van der Waals surface area contributed by atoms with Gasteiger partial charge in [-0.25, -0.2) is 0 Å². The van der Waals surface area contributed by atoms with E-state index in [4.69, 9.17) is 11.5 Å². The van der Waals surface area contributed by atoms with Crippen molar-refractivity contribution in [3.05, 3.63) is 23.8 Å². The van der Waals surface area contributed by atoms with Gasteiger partial charge in [-0.15, -0.1) is 0 Å². The fourth-order valence-electron chi connectivity index (χ4n) is 1.58. The minimum absolute atomic E-state index is 0.0372. The molecule has 0 saturated heterocycles. The summed E-state index contributed by atoms with van der Waals surface area (Å²) in [4.78, 5) is 11.4. The van der Waals surface area contributed by atoms with Crippen LogP contribution in [0, 0.1) is 0 Å². The van der Waals surface area contributed by atoms with Crippen molar-refractivity contribution in [3.8, 4) is 11.5 Å². The number of nitrogens with zero attached hydrogens (tertiary/aromatic N) is 3. The van der Waals surface area contributed by atoms with Gasteiger partial charge in [-0.3, -0.25) is 0 Å². The van der Waals surface area contributed by atoms with Crippen molar-refractivity contribution in [2.24, 2.45) is 0 Å². The Hall–Kier alpha value is -2.77. The van der Waals surface area contributed by atoms with Crippen LogP contribution in [0.5, 0.6) is 11.5 Å². The lowest BCUT2D eigenvalue weighted by Gasteiger charge is -2.07. The highest BCUT2D eigenvalue weighted by atomic mass is 16.3. The third kappa shape index (κ3) is 3.12. The van der Waals surface area contributed by atoms with E-state index in [1.807, 2.05) is 0 Å². The molecule has 2 rings (SSSR count). The second kappa shape index (κ2) is 5.25. The molecule has 1 aromatic carbocycles. The molecule has 7 N–H and O–H groups in total. The summed E-state index contributed by atoms with van der Waals surface area (Å²) >= 11 is 0. The Labute approximate surface area is 109 Å². The Morgan fingerprint density at radius 1 is 1.05 bits per heavy atom. The molecule has 1 aromatic heterocycles. The van der Waals surface area contributed by atoms with Crippen LogP contribution in [0.1, 0.15) is 5.56 Å². The molecule has 0 atom stereocenters. The molecule has 0 aliphatic heterocycles. The van der Waals surface area contributed by atoms with E-state index in [9.17, 15) is 10.2 Å². The van der Waals surface area contributed by atoms with Crippen LogP contribution >= 0.6 is 0 Å². The molecule has 2 aromatic rings. The Morgan fingerprint density at radius 2 is 1.74 bits per heavy atom. The van der Waals surface area contributed by atoms with E-state index in [-0.39, 0.29) is 29.3 Å². The average Bonchev–Trinajstić information content (AvgIpc) is 2.33. The third-order valence-electron chi connectivity index (χ3n) is 2.45. The summed E-state index contributed by atoms with van der Waals surface area (Å²) in [5.41, 5.74) is 11.5. The predicted molar refractivity (Wildman–Crippen MR) is 70.6 cm³/mol. The molecule has 0 unspecified atom stereocenters. The van der Waals surface area contributed by atoms with Crippen LogP contribution in [0.3, 0.4) is 0 Å². The number of para-hydroxylation sites is 1. The maximum absolute atomic E-state index is 9.62. The normalized spacial score (nSPS) is 10.3. The van der Waals surface area contributed by atoms with Gasteiger partial charge < -0.3 is 27.0 Å². The van der Waals surface area contributed by atoms with Gasteiger partial charge in [0.2, 0.25) is 17.8 Å². The van der Waals surface area contributed by atoms with Gasteiger partial charge in [0.15, 0.2) is 11.5 Å². The topological polar surface area (TPSA) is 143 Å². The van der Waals surface area contributed by atoms with Gasteiger partial charge in [0.05, 0.1) is 0 Å². The average molecular weight is 262 g/mol. The number of nitrogens with two attached hydrogens (primary N) is 2. The van der Waals surface area contributed by atoms with Crippen LogP contribution < -0.4 is 16.8 Å². The maximum atomic E-state index is 9.62. The van der Waals surface area contributed by atoms with E-state index in [0.29, 0.717) is 18.5 Å². The Kier molecular flexibility index (Phi) is 3.51. The van der Waals surface area contributed by atoms with Crippen molar-refractivity contribution in [3.63, 3.8) is 0 Å². The summed E-state index contributed by atoms with van der Waals surface area (Å²) in [5.74, 6) is 0.0696. The number of nitrogen functional groups attached to an aromatic ring is 2. The molecule has 8 heteroatoms. The Morgan fingerprint density at radius 3 is 2.42 bits per heavy atom. The number of aromatic nitrogens is 3. The lowest BCUT2D eigenvalue weighted by Crippen LogP contribution is -2.11. The smallest absolute Gasteiger partial charge is 0.229 e. The van der Waals surface area contributed by atoms with E-state index in [0.717, 1.165) is 0 Å². The molecule has 0 spiro atoms. The molecule has 0 amide bonds. The van der Waals surface area contributed by atoms with Gasteiger partial charge in [-0.2, -0.15) is 15.0 Å². The van der Waals surface area contributed by atoms with Crippen molar-refractivity contribution >= 4 is 17.8 Å². The van der Waals surface area contributed by atoms with Crippen molar-refractivity contribution < 1.29 is 10.2 Å². The zero-order valence-electron chi connectivity index (χ0n) is 10.0. The number of nitrogens with one attached hydrogen (secondary N) is 1. The molecule has 0 aliphatic rings. The van der Waals surface area contributed by atoms with Crippen LogP contribution in [0.25, 0.3) is 0 Å². The minimum Gasteiger partial charge on any atom is -0.504 e. The van der Waals surface area contributed by atoms with E-state index in [2.05, 4.69) is 20.3 Å². The summed E-state index contributed by atoms with van der Waals surface area (Å²) in [7, 11) is 0. The first kappa shape index (κ1) is 12.7. The van der Waals surface area contributed by atoms with Gasteiger partial charge in [0.1, 0.15) is 0 Å². The van der Waals surface area contributed by atoms with Crippen molar-refractivity contribution in [1.29, 1.82) is 0 Å². The lowest BCUT2D eigenvalue weighted by atomic mass is 10.1. The minimum atomic E-state index is -0.147. The van der Waals surface area contributed by atoms with Gasteiger partial charge in [0, 0.05) is 6.54 Å². The molecule has 19 heavy (non-hydrogen) atoms. The van der Waals surface area contributed by atoms with Gasteiger partial charge >= 0.3 is 0 Å². The summed E-state index contributed by atoms with van der Waals surface area (Å²) in [5, 5.41) is 21.9. The van der Waals surface area contributed by atoms with Crippen LogP contribution in [0.2, 0.25) is 0 Å². The molecule has 8 nitrogen and oxygen atoms in total. The number of hydrogen-bond donors (Lipinski definition) is 5. The van der Waals surface area contributed by atoms with Crippen molar-refractivity contribution in [1.82, 2.24) is 15.0 Å². The highest BCUT2D eigenvalue weighted by Gasteiger charge is 2.06. The zero-order chi connectivity index (χ0) is 13.8. The number of phenols is 2. The Balaban J connectivity index is 1.98. The standard InChI is InChI=1S/C11H14N6O2/c12-9-15-10(13)17-11(16-9)14-5-4-6-2-1-3-7(18)8(6)19/h1-3,18-19H,4-5H2,(H5,12,13,14,15,16,17). The van der Waals surface area contributed by atoms with Gasteiger partial charge in [-0.05, 0) is 18.1 Å². The molecular weight excluding hydrogens is 248 g/mol. The summed E-state index contributed by atoms with van der Waals surface area (Å²) in [6.07, 6.45) is 0.478. The monoisotopic (exact) mass is 262 g/mol. The van der Waals surface area contributed by atoms with Crippen LogP contribution in [0.4, 0.5) is 17.8 Å². The summed E-state index contributed by atoms with van der Waals surface area (Å²) < 4.78 is 0. The molecule has 0 aliphatic carbocycles.